The summed E-state index contributed by atoms with van der Waals surface area (Å²) in [6.07, 6.45) is 0.481. The number of benzene rings is 1. The van der Waals surface area contributed by atoms with Gasteiger partial charge in [-0.2, -0.15) is 0 Å². The fourth-order valence-electron chi connectivity index (χ4n) is 1.98. The molecule has 0 saturated carbocycles. The van der Waals surface area contributed by atoms with Crippen molar-refractivity contribution in [3.8, 4) is 0 Å². The molecule has 0 aromatic heterocycles. The minimum absolute atomic E-state index is 0.0777. The van der Waals surface area contributed by atoms with Crippen molar-refractivity contribution in [1.29, 1.82) is 0 Å². The molecular formula is C15H19BrClNO3. The van der Waals surface area contributed by atoms with Crippen LogP contribution in [0.2, 0.25) is 5.02 Å². The number of hydrogen-bond donors (Lipinski definition) is 2. The van der Waals surface area contributed by atoms with Gasteiger partial charge in [-0.3, -0.25) is 9.59 Å². The van der Waals surface area contributed by atoms with Crippen LogP contribution in [-0.2, 0) is 4.79 Å². The van der Waals surface area contributed by atoms with Gasteiger partial charge in [0.2, 0.25) is 0 Å². The molecule has 21 heavy (non-hydrogen) atoms. The second-order valence-electron chi connectivity index (χ2n) is 6.11. The van der Waals surface area contributed by atoms with Gasteiger partial charge >= 0.3 is 5.97 Å². The lowest BCUT2D eigenvalue weighted by molar-refractivity contribution is -0.142. The highest BCUT2D eigenvalue weighted by Gasteiger charge is 2.25. The minimum Gasteiger partial charge on any atom is -0.481 e. The molecule has 0 aliphatic carbocycles. The van der Waals surface area contributed by atoms with Gasteiger partial charge in [0, 0.05) is 11.0 Å². The fraction of sp³-hybridized carbons (Fsp3) is 0.467. The molecular weight excluding hydrogens is 358 g/mol. The second kappa shape index (κ2) is 7.27. The largest absolute Gasteiger partial charge is 0.481 e. The average molecular weight is 377 g/mol. The molecule has 1 amide bonds. The molecule has 0 bridgehead atoms. The minimum atomic E-state index is -0.912. The van der Waals surface area contributed by atoms with Crippen molar-refractivity contribution in [2.24, 2.45) is 11.3 Å². The third-order valence-electron chi connectivity index (χ3n) is 2.91. The molecule has 1 rings (SSSR count). The van der Waals surface area contributed by atoms with E-state index in [-0.39, 0.29) is 17.9 Å². The second-order valence-corrected chi connectivity index (χ2v) is 7.34. The summed E-state index contributed by atoms with van der Waals surface area (Å²) in [5.74, 6) is -1.91. The van der Waals surface area contributed by atoms with E-state index < -0.39 is 11.9 Å². The Hall–Kier alpha value is -1.07. The van der Waals surface area contributed by atoms with Gasteiger partial charge in [-0.25, -0.2) is 0 Å². The molecule has 4 nitrogen and oxygen atoms in total. The van der Waals surface area contributed by atoms with Gasteiger partial charge < -0.3 is 10.4 Å². The maximum atomic E-state index is 12.1. The van der Waals surface area contributed by atoms with Crippen LogP contribution in [0.1, 0.15) is 37.6 Å². The number of hydrogen-bond acceptors (Lipinski definition) is 2. The molecule has 0 aliphatic rings. The van der Waals surface area contributed by atoms with E-state index in [1.165, 1.54) is 0 Å². The molecule has 1 unspecified atom stereocenters. The van der Waals surface area contributed by atoms with E-state index in [1.54, 1.807) is 18.2 Å². The van der Waals surface area contributed by atoms with Crippen LogP contribution in [0.25, 0.3) is 0 Å². The molecule has 0 saturated heterocycles. The van der Waals surface area contributed by atoms with Crippen LogP contribution < -0.4 is 5.32 Å². The van der Waals surface area contributed by atoms with Gasteiger partial charge in [0.25, 0.3) is 5.91 Å². The zero-order valence-electron chi connectivity index (χ0n) is 12.2. The maximum absolute atomic E-state index is 12.1. The molecule has 1 aromatic carbocycles. The van der Waals surface area contributed by atoms with E-state index in [9.17, 15) is 14.7 Å². The summed E-state index contributed by atoms with van der Waals surface area (Å²) in [6, 6.07) is 5.04. The summed E-state index contributed by atoms with van der Waals surface area (Å²) >= 11 is 9.30. The smallest absolute Gasteiger partial charge is 0.308 e. The summed E-state index contributed by atoms with van der Waals surface area (Å²) in [5, 5.41) is 12.2. The quantitative estimate of drug-likeness (QED) is 0.817. The number of rotatable bonds is 5. The Kier molecular flexibility index (Phi) is 6.23. The number of nitrogens with one attached hydrogen (secondary N) is 1. The van der Waals surface area contributed by atoms with Gasteiger partial charge in [0.1, 0.15) is 0 Å². The van der Waals surface area contributed by atoms with Crippen LogP contribution in [0.3, 0.4) is 0 Å². The zero-order chi connectivity index (χ0) is 16.2. The van der Waals surface area contributed by atoms with Crippen molar-refractivity contribution >= 4 is 39.4 Å². The topological polar surface area (TPSA) is 66.4 Å². The fourth-order valence-corrected chi connectivity index (χ4v) is 2.55. The average Bonchev–Trinajstić information content (AvgIpc) is 2.35. The number of aliphatic carboxylic acids is 1. The van der Waals surface area contributed by atoms with Crippen molar-refractivity contribution in [3.05, 3.63) is 33.3 Å². The van der Waals surface area contributed by atoms with Crippen molar-refractivity contribution in [2.45, 2.75) is 27.2 Å². The normalized spacial score (nSPS) is 12.8. The van der Waals surface area contributed by atoms with Crippen LogP contribution >= 0.6 is 27.5 Å². The lowest BCUT2D eigenvalue weighted by Gasteiger charge is -2.23. The Balaban J connectivity index is 2.74. The van der Waals surface area contributed by atoms with E-state index in [2.05, 4.69) is 21.2 Å². The first-order valence-electron chi connectivity index (χ1n) is 6.57. The molecule has 0 radical (unpaired) electrons. The summed E-state index contributed by atoms with van der Waals surface area (Å²) in [6.45, 7) is 5.98. The number of carbonyl (C=O) groups excluding carboxylic acids is 1. The Bertz CT molecular complexity index is 540. The Morgan fingerprint density at radius 3 is 2.52 bits per heavy atom. The SMILES string of the molecule is CC(C)(C)CC(CNC(=O)c1cccc(Br)c1Cl)C(=O)O. The molecule has 116 valence electrons. The summed E-state index contributed by atoms with van der Waals surface area (Å²) in [5.41, 5.74) is 0.201. The number of carboxylic acids is 1. The predicted octanol–water partition coefficient (Wildman–Crippen LogP) is 3.97. The van der Waals surface area contributed by atoms with Crippen LogP contribution in [0, 0.1) is 11.3 Å². The van der Waals surface area contributed by atoms with E-state index >= 15 is 0 Å². The highest BCUT2D eigenvalue weighted by molar-refractivity contribution is 9.10. The Morgan fingerprint density at radius 1 is 1.38 bits per heavy atom. The lowest BCUT2D eigenvalue weighted by atomic mass is 9.84. The number of halogens is 2. The van der Waals surface area contributed by atoms with E-state index in [0.29, 0.717) is 21.5 Å². The van der Waals surface area contributed by atoms with E-state index in [0.717, 1.165) is 0 Å². The summed E-state index contributed by atoms with van der Waals surface area (Å²) in [4.78, 5) is 23.4. The van der Waals surface area contributed by atoms with Gasteiger partial charge in [0.05, 0.1) is 16.5 Å². The number of carbonyl (C=O) groups is 2. The van der Waals surface area contributed by atoms with Gasteiger partial charge in [-0.05, 0) is 39.9 Å². The predicted molar refractivity (Wildman–Crippen MR) is 86.7 cm³/mol. The molecule has 2 N–H and O–H groups in total. The highest BCUT2D eigenvalue weighted by atomic mass is 79.9. The lowest BCUT2D eigenvalue weighted by Crippen LogP contribution is -2.35. The first kappa shape index (κ1) is 18.0. The molecule has 0 spiro atoms. The van der Waals surface area contributed by atoms with Crippen LogP contribution in [0.5, 0.6) is 0 Å². The first-order chi connectivity index (χ1) is 9.61. The van der Waals surface area contributed by atoms with Crippen molar-refractivity contribution in [2.75, 3.05) is 6.54 Å². The van der Waals surface area contributed by atoms with Crippen molar-refractivity contribution in [3.63, 3.8) is 0 Å². The van der Waals surface area contributed by atoms with E-state index in [1.807, 2.05) is 20.8 Å². The van der Waals surface area contributed by atoms with Crippen LogP contribution in [-0.4, -0.2) is 23.5 Å². The molecule has 1 atom stereocenters. The number of amides is 1. The Morgan fingerprint density at radius 2 is 2.00 bits per heavy atom. The molecule has 0 heterocycles. The monoisotopic (exact) mass is 375 g/mol. The molecule has 0 aliphatic heterocycles. The number of carboxylic acid groups (broad SMARTS) is 1. The van der Waals surface area contributed by atoms with Gasteiger partial charge in [-0.1, -0.05) is 38.4 Å². The van der Waals surface area contributed by atoms with Crippen molar-refractivity contribution < 1.29 is 14.7 Å². The third-order valence-corrected chi connectivity index (χ3v) is 4.21. The third kappa shape index (κ3) is 5.67. The molecule has 6 heteroatoms. The molecule has 1 aromatic rings. The van der Waals surface area contributed by atoms with E-state index in [4.69, 9.17) is 11.6 Å². The first-order valence-corrected chi connectivity index (χ1v) is 7.74. The Labute approximate surface area is 138 Å². The van der Waals surface area contributed by atoms with Gasteiger partial charge in [0.15, 0.2) is 0 Å². The standard InChI is InChI=1S/C15H19BrClNO3/c1-15(2,3)7-9(14(20)21)8-18-13(19)10-5-4-6-11(16)12(10)17/h4-6,9H,7-8H2,1-3H3,(H,18,19)(H,20,21). The molecule has 0 fully saturated rings. The van der Waals surface area contributed by atoms with Crippen molar-refractivity contribution in [1.82, 2.24) is 5.32 Å². The summed E-state index contributed by atoms with van der Waals surface area (Å²) in [7, 11) is 0. The zero-order valence-corrected chi connectivity index (χ0v) is 14.6. The maximum Gasteiger partial charge on any atom is 0.308 e. The van der Waals surface area contributed by atoms with Crippen LogP contribution in [0.4, 0.5) is 0 Å². The highest BCUT2D eigenvalue weighted by Crippen LogP contribution is 2.27. The van der Waals surface area contributed by atoms with Gasteiger partial charge in [-0.15, -0.1) is 0 Å². The summed E-state index contributed by atoms with van der Waals surface area (Å²) < 4.78 is 0.626. The van der Waals surface area contributed by atoms with Crippen LogP contribution in [0.15, 0.2) is 22.7 Å².